The lowest BCUT2D eigenvalue weighted by Crippen LogP contribution is -2.28. The molecule has 0 aliphatic carbocycles. The summed E-state index contributed by atoms with van der Waals surface area (Å²) in [6, 6.07) is 20.3. The van der Waals surface area contributed by atoms with Gasteiger partial charge in [-0.05, 0) is 67.3 Å². The summed E-state index contributed by atoms with van der Waals surface area (Å²) in [5.41, 5.74) is 3.04. The molecule has 0 radical (unpaired) electrons. The number of rotatable bonds is 7. The standard InChI is InChI=1S/C27H28N2O2S/c1-4-6-17-31-24-16-13-20(22-9-7-8-10-23(22)24)18-25-26(30)29(5-2)27(32-25)28-21-14-11-19(3)12-15-21/h7-16,18H,4-6,17H2,1-3H3/b25-18+,28-27?. The van der Waals surface area contributed by atoms with Gasteiger partial charge in [0.05, 0.1) is 17.2 Å². The number of unbranched alkanes of at least 4 members (excludes halogenated alkanes) is 1. The number of hydrogen-bond acceptors (Lipinski definition) is 4. The summed E-state index contributed by atoms with van der Waals surface area (Å²) in [6.45, 7) is 7.47. The zero-order valence-electron chi connectivity index (χ0n) is 18.8. The van der Waals surface area contributed by atoms with Gasteiger partial charge in [0.15, 0.2) is 5.17 Å². The van der Waals surface area contributed by atoms with Crippen LogP contribution in [-0.4, -0.2) is 29.1 Å². The molecule has 4 nitrogen and oxygen atoms in total. The maximum Gasteiger partial charge on any atom is 0.266 e. The minimum absolute atomic E-state index is 0.00397. The lowest BCUT2D eigenvalue weighted by Gasteiger charge is -2.12. The molecule has 0 saturated carbocycles. The normalized spacial score (nSPS) is 16.5. The molecular formula is C27H28N2O2S. The van der Waals surface area contributed by atoms with Gasteiger partial charge in [-0.25, -0.2) is 4.99 Å². The van der Waals surface area contributed by atoms with Crippen molar-refractivity contribution in [3.63, 3.8) is 0 Å². The van der Waals surface area contributed by atoms with Gasteiger partial charge in [-0.15, -0.1) is 0 Å². The van der Waals surface area contributed by atoms with Crippen molar-refractivity contribution < 1.29 is 9.53 Å². The van der Waals surface area contributed by atoms with Gasteiger partial charge in [0, 0.05) is 11.9 Å². The van der Waals surface area contributed by atoms with Crippen LogP contribution in [0.3, 0.4) is 0 Å². The maximum absolute atomic E-state index is 13.1. The Morgan fingerprint density at radius 2 is 1.75 bits per heavy atom. The zero-order chi connectivity index (χ0) is 22.5. The minimum Gasteiger partial charge on any atom is -0.493 e. The smallest absolute Gasteiger partial charge is 0.266 e. The second-order valence-corrected chi connectivity index (χ2v) is 8.80. The summed E-state index contributed by atoms with van der Waals surface area (Å²) in [4.78, 5) is 20.3. The number of amidine groups is 1. The van der Waals surface area contributed by atoms with Crippen LogP contribution in [0.2, 0.25) is 0 Å². The van der Waals surface area contributed by atoms with Crippen LogP contribution in [0.5, 0.6) is 5.75 Å². The maximum atomic E-state index is 13.1. The van der Waals surface area contributed by atoms with Gasteiger partial charge in [-0.2, -0.15) is 0 Å². The SMILES string of the molecule is CCCCOc1ccc(/C=C2/SC(=Nc3ccc(C)cc3)N(CC)C2=O)c2ccccc12. The second-order valence-electron chi connectivity index (χ2n) is 7.79. The monoisotopic (exact) mass is 444 g/mol. The first kappa shape index (κ1) is 22.2. The summed E-state index contributed by atoms with van der Waals surface area (Å²) in [7, 11) is 0. The number of fused-ring (bicyclic) bond motifs is 1. The van der Waals surface area contributed by atoms with Crippen LogP contribution in [-0.2, 0) is 4.79 Å². The second kappa shape index (κ2) is 10.0. The van der Waals surface area contributed by atoms with Gasteiger partial charge in [-0.1, -0.05) is 61.4 Å². The van der Waals surface area contributed by atoms with Crippen molar-refractivity contribution in [3.05, 3.63) is 76.7 Å². The van der Waals surface area contributed by atoms with E-state index in [0.29, 0.717) is 18.1 Å². The Labute approximate surface area is 194 Å². The number of aliphatic imine (C=N–C) groups is 1. The molecule has 1 aliphatic heterocycles. The molecule has 0 bridgehead atoms. The lowest BCUT2D eigenvalue weighted by molar-refractivity contribution is -0.122. The average molecular weight is 445 g/mol. The molecule has 3 aromatic rings. The van der Waals surface area contributed by atoms with E-state index in [1.807, 2.05) is 61.5 Å². The van der Waals surface area contributed by atoms with Crippen LogP contribution in [0.25, 0.3) is 16.8 Å². The first-order valence-corrected chi connectivity index (χ1v) is 11.9. The Balaban J connectivity index is 1.68. The van der Waals surface area contributed by atoms with Crippen molar-refractivity contribution in [1.29, 1.82) is 0 Å². The summed E-state index contributed by atoms with van der Waals surface area (Å²) < 4.78 is 6.01. The van der Waals surface area contributed by atoms with E-state index in [4.69, 9.17) is 9.73 Å². The third-order valence-electron chi connectivity index (χ3n) is 5.42. The van der Waals surface area contributed by atoms with Gasteiger partial charge >= 0.3 is 0 Å². The largest absolute Gasteiger partial charge is 0.493 e. The Kier molecular flexibility index (Phi) is 6.96. The van der Waals surface area contributed by atoms with E-state index in [9.17, 15) is 4.79 Å². The van der Waals surface area contributed by atoms with Gasteiger partial charge in [0.1, 0.15) is 5.75 Å². The van der Waals surface area contributed by atoms with Crippen LogP contribution in [0.15, 0.2) is 70.6 Å². The minimum atomic E-state index is -0.00397. The molecule has 5 heteroatoms. The number of carbonyl (C=O) groups is 1. The summed E-state index contributed by atoms with van der Waals surface area (Å²) in [6.07, 6.45) is 4.11. The van der Waals surface area contributed by atoms with Gasteiger partial charge in [-0.3, -0.25) is 9.69 Å². The van der Waals surface area contributed by atoms with E-state index < -0.39 is 0 Å². The molecule has 1 saturated heterocycles. The van der Waals surface area contributed by atoms with Crippen LogP contribution < -0.4 is 4.74 Å². The Bertz CT molecular complexity index is 1180. The third kappa shape index (κ3) is 4.73. The van der Waals surface area contributed by atoms with E-state index in [1.54, 1.807) is 4.90 Å². The molecule has 1 aliphatic rings. The van der Waals surface area contributed by atoms with E-state index in [2.05, 4.69) is 26.0 Å². The predicted octanol–water partition coefficient (Wildman–Crippen LogP) is 6.95. The first-order chi connectivity index (χ1) is 15.6. The van der Waals surface area contributed by atoms with Crippen LogP contribution in [0.1, 0.15) is 37.8 Å². The molecule has 0 unspecified atom stereocenters. The van der Waals surface area contributed by atoms with Gasteiger partial charge in [0.25, 0.3) is 5.91 Å². The molecule has 0 atom stereocenters. The number of aryl methyl sites for hydroxylation is 1. The highest BCUT2D eigenvalue weighted by molar-refractivity contribution is 8.18. The number of benzene rings is 3. The molecule has 1 fully saturated rings. The van der Waals surface area contributed by atoms with Crippen molar-refractivity contribution in [1.82, 2.24) is 4.90 Å². The molecular weight excluding hydrogens is 416 g/mol. The van der Waals surface area contributed by atoms with Crippen molar-refractivity contribution in [2.24, 2.45) is 4.99 Å². The number of nitrogens with zero attached hydrogens (tertiary/aromatic N) is 2. The Morgan fingerprint density at radius 3 is 2.47 bits per heavy atom. The highest BCUT2D eigenvalue weighted by Crippen LogP contribution is 2.36. The number of thioether (sulfide) groups is 1. The van der Waals surface area contributed by atoms with Crippen LogP contribution in [0, 0.1) is 6.92 Å². The molecule has 4 rings (SSSR count). The molecule has 0 aromatic heterocycles. The average Bonchev–Trinajstić information content (AvgIpc) is 3.10. The van der Waals surface area contributed by atoms with Crippen molar-refractivity contribution in [2.45, 2.75) is 33.6 Å². The predicted molar refractivity (Wildman–Crippen MR) is 136 cm³/mol. The highest BCUT2D eigenvalue weighted by atomic mass is 32.2. The number of likely N-dealkylation sites (N-methyl/N-ethyl adjacent to an activating group) is 1. The fraction of sp³-hybridized carbons (Fsp3) is 0.259. The first-order valence-electron chi connectivity index (χ1n) is 11.1. The number of hydrogen-bond donors (Lipinski definition) is 0. The zero-order valence-corrected chi connectivity index (χ0v) is 19.6. The summed E-state index contributed by atoms with van der Waals surface area (Å²) in [5, 5.41) is 2.86. The van der Waals surface area contributed by atoms with E-state index in [1.165, 1.54) is 17.3 Å². The van der Waals surface area contributed by atoms with Crippen molar-refractivity contribution in [3.8, 4) is 5.75 Å². The fourth-order valence-corrected chi connectivity index (χ4v) is 4.67. The lowest BCUT2D eigenvalue weighted by atomic mass is 10.0. The molecule has 3 aromatic carbocycles. The summed E-state index contributed by atoms with van der Waals surface area (Å²) >= 11 is 1.43. The number of ether oxygens (including phenoxy) is 1. The molecule has 164 valence electrons. The highest BCUT2D eigenvalue weighted by Gasteiger charge is 2.32. The van der Waals surface area contributed by atoms with Gasteiger partial charge < -0.3 is 4.74 Å². The fourth-order valence-electron chi connectivity index (χ4n) is 3.61. The van der Waals surface area contributed by atoms with Gasteiger partial charge in [0.2, 0.25) is 0 Å². The molecule has 1 heterocycles. The van der Waals surface area contributed by atoms with Crippen LogP contribution in [0.4, 0.5) is 5.69 Å². The Morgan fingerprint density at radius 1 is 1.00 bits per heavy atom. The quantitative estimate of drug-likeness (QED) is 0.292. The number of carbonyl (C=O) groups excluding carboxylic acids is 1. The number of amides is 1. The summed E-state index contributed by atoms with van der Waals surface area (Å²) in [5.74, 6) is 0.883. The molecule has 0 N–H and O–H groups in total. The van der Waals surface area contributed by atoms with E-state index in [0.717, 1.165) is 45.8 Å². The Hall–Kier alpha value is -3.05. The van der Waals surface area contributed by atoms with Crippen molar-refractivity contribution >= 4 is 45.4 Å². The van der Waals surface area contributed by atoms with E-state index >= 15 is 0 Å². The molecule has 1 amide bonds. The van der Waals surface area contributed by atoms with Crippen molar-refractivity contribution in [2.75, 3.05) is 13.2 Å². The molecule has 0 spiro atoms. The van der Waals surface area contributed by atoms with E-state index in [-0.39, 0.29) is 5.91 Å². The van der Waals surface area contributed by atoms with Crippen LogP contribution >= 0.6 is 11.8 Å². The molecule has 32 heavy (non-hydrogen) atoms. The topological polar surface area (TPSA) is 41.9 Å². The third-order valence-corrected chi connectivity index (χ3v) is 6.43.